The number of piperidine rings is 4. The number of likely N-dealkylation sites (tertiary alicyclic amines) is 4. The Morgan fingerprint density at radius 3 is 1.09 bits per heavy atom. The fraction of sp³-hybridized carbons (Fsp3) is 0.301. The van der Waals surface area contributed by atoms with E-state index in [2.05, 4.69) is 101 Å². The number of rotatable bonds is 16. The van der Waals surface area contributed by atoms with Gasteiger partial charge < -0.3 is 40.9 Å². The van der Waals surface area contributed by atoms with E-state index in [9.17, 15) is 36.7 Å². The number of nitrogens with zero attached hydrogens (tertiary/aromatic N) is 21. The number of hydrogen-bond acceptors (Lipinski definition) is 24. The van der Waals surface area contributed by atoms with Crippen molar-refractivity contribution in [3.63, 3.8) is 0 Å². The van der Waals surface area contributed by atoms with Gasteiger partial charge in [-0.1, -0.05) is 71.2 Å². The van der Waals surface area contributed by atoms with Gasteiger partial charge in [0.2, 0.25) is 0 Å². The summed E-state index contributed by atoms with van der Waals surface area (Å²) in [5, 5.41) is 22.6. The van der Waals surface area contributed by atoms with Crippen LogP contribution in [0.15, 0.2) is 190 Å². The molecule has 36 heteroatoms. The first-order valence-electron chi connectivity index (χ1n) is 38.7. The molecule has 119 heavy (non-hydrogen) atoms. The first-order chi connectivity index (χ1) is 57.9. The first kappa shape index (κ1) is 78.8. The van der Waals surface area contributed by atoms with Gasteiger partial charge in [0.25, 0.3) is 23.6 Å². The molecule has 4 amide bonds. The molecule has 8 aliphatic rings. The average Bonchev–Trinajstić information content (AvgIpc) is 1.66. The number of carbonyl (C=O) groups is 4. The molecule has 4 aliphatic carbocycles. The smallest absolute Gasteiger partial charge is 0.256 e. The van der Waals surface area contributed by atoms with Crippen molar-refractivity contribution in [3.8, 4) is 39.9 Å². The molecule has 20 rings (SSSR count). The average molecular weight is 1670 g/mol. The maximum absolute atomic E-state index is 14.7. The maximum atomic E-state index is 14.7. The van der Waals surface area contributed by atoms with E-state index in [1.165, 1.54) is 67.6 Å². The largest absolute Gasteiger partial charge is 0.364 e. The molecule has 0 spiro atoms. The number of anilines is 4. The number of aromatic nitrogens is 17. The molecular weight excluding hydrogens is 1590 g/mol. The molecular formula is C83H74Cl3F4N25O4. The Morgan fingerprint density at radius 2 is 0.697 bits per heavy atom. The van der Waals surface area contributed by atoms with Crippen LogP contribution in [0, 0.1) is 53.9 Å². The lowest BCUT2D eigenvalue weighted by Gasteiger charge is -2.34. The van der Waals surface area contributed by atoms with Crippen molar-refractivity contribution in [3.05, 3.63) is 257 Å². The first-order valence-corrected chi connectivity index (χ1v) is 39.9. The summed E-state index contributed by atoms with van der Waals surface area (Å²) in [7, 11) is 0. The minimum atomic E-state index is -0.635. The number of hydrogen-bond donors (Lipinski definition) is 4. The Bertz CT molecular complexity index is 5660. The number of carbonyl (C=O) groups excluding carboxylic acids is 4. The van der Waals surface area contributed by atoms with Crippen molar-refractivity contribution < 1.29 is 36.7 Å². The predicted octanol–water partition coefficient (Wildman–Crippen LogP) is 12.5. The van der Waals surface area contributed by atoms with Gasteiger partial charge in [0.05, 0.1) is 138 Å². The third-order valence-electron chi connectivity index (χ3n) is 22.9. The number of para-hydroxylation sites is 1. The van der Waals surface area contributed by atoms with Gasteiger partial charge >= 0.3 is 0 Å². The molecule has 4 saturated carbocycles. The van der Waals surface area contributed by atoms with Gasteiger partial charge in [0, 0.05) is 80.7 Å². The fourth-order valence-corrected chi connectivity index (χ4v) is 18.2. The van der Waals surface area contributed by atoms with Crippen LogP contribution in [0.25, 0.3) is 39.9 Å². The minimum Gasteiger partial charge on any atom is -0.364 e. The van der Waals surface area contributed by atoms with Crippen LogP contribution in [0.1, 0.15) is 98.5 Å². The van der Waals surface area contributed by atoms with Gasteiger partial charge in [-0.3, -0.25) is 24.2 Å². The molecule has 604 valence electrons. The summed E-state index contributed by atoms with van der Waals surface area (Å²) in [5.41, 5.74) is 3.14. The number of halogens is 7. The van der Waals surface area contributed by atoms with Crippen molar-refractivity contribution in [2.75, 3.05) is 47.4 Å². The van der Waals surface area contributed by atoms with E-state index in [0.29, 0.717) is 93.4 Å². The second kappa shape index (κ2) is 34.4. The Hall–Kier alpha value is -12.8. The quantitative estimate of drug-likeness (QED) is 0.0653. The molecule has 29 nitrogen and oxygen atoms in total. The highest BCUT2D eigenvalue weighted by Gasteiger charge is 2.52. The van der Waals surface area contributed by atoms with Crippen LogP contribution in [0.3, 0.4) is 0 Å². The SMILES string of the molecule is Cc1cnc(NC2CC3CC2N(C(=O)c2cccc(F)c2-n2nccn2)C3)cn1.O=C(c1cccc(F)c1-c1ncc(F)cn1)N1CC2CC(Nc3cnc(Cl)cn3)C1C2.O=C(c1cccc(F)c1-c1ncccn1)N1CC2CC(Nc3cnc(Cl)cn3)C1C2.O=C(c1ccccc1-c1ncccn1)N1CC2CC(Nc3cnc(Cl)cn3)C1C2. The highest BCUT2D eigenvalue weighted by atomic mass is 35.5. The number of amides is 4. The molecule has 4 aromatic carbocycles. The highest BCUT2D eigenvalue weighted by Crippen LogP contribution is 2.45. The zero-order chi connectivity index (χ0) is 82.0. The van der Waals surface area contributed by atoms with E-state index in [0.717, 1.165) is 86.4 Å². The van der Waals surface area contributed by atoms with Gasteiger partial charge in [-0.2, -0.15) is 10.2 Å². The Labute approximate surface area is 693 Å². The normalized spacial score (nSPS) is 22.5. The third kappa shape index (κ3) is 17.0. The molecule has 12 aromatic rings. The topological polar surface area (TPSA) is 341 Å². The summed E-state index contributed by atoms with van der Waals surface area (Å²) in [5.74, 6) is 1.95. The van der Waals surface area contributed by atoms with Gasteiger partial charge in [-0.05, 0) is 137 Å². The Balaban J connectivity index is 0.000000113. The molecule has 8 bridgehead atoms. The lowest BCUT2D eigenvalue weighted by molar-refractivity contribution is 0.0684. The maximum Gasteiger partial charge on any atom is 0.256 e. The number of nitrogens with one attached hydrogen (secondary N) is 4. The number of fused-ring (bicyclic) bond motifs is 8. The van der Waals surface area contributed by atoms with Crippen molar-refractivity contribution >= 4 is 81.7 Å². The van der Waals surface area contributed by atoms with Crippen LogP contribution in [-0.2, 0) is 0 Å². The summed E-state index contributed by atoms with van der Waals surface area (Å²) in [4.78, 5) is 121. The standard InChI is InChI=1S/C21H17ClF2N6O.C21H18ClFN6O.C21H19ClN6O.C20H20FN7O/c22-17-8-26-18(9-25-17)29-15-4-11-5-16(15)30(10-11)21(31)13-2-1-3-14(24)19(13)20-27-6-12(23)7-28-20;22-17-9-27-18(10-26-17)28-15-7-12-8-16(15)29(11-12)21(30)13-3-1-4-14(23)19(13)20-24-5-2-6-25-20;22-18-10-26-19(11-25-18)27-16-8-13-9-17(16)28(12-13)21(29)15-5-2-1-4-14(15)20-23-6-3-7-24-20;1-12-9-23-18(10-22-12)26-16-7-13-8-17(16)27(11-13)20(29)14-3-2-4-15(21)19(14)28-24-5-6-25-28/h1-3,6-9,11,15-16H,4-5,10H2,(H,26,29);1-6,9-10,12,15-16H,7-8,11H2,(H,27,28);1-7,10-11,13,16-17H,8-9,12H2,(H,26,27);2-6,9-10,13,16-17H,7-8,11H2,1H3,(H,23,26). The van der Waals surface area contributed by atoms with Crippen LogP contribution >= 0.6 is 34.8 Å². The number of benzene rings is 4. The third-order valence-corrected chi connectivity index (χ3v) is 23.5. The molecule has 8 aromatic heterocycles. The monoisotopic (exact) mass is 1670 g/mol. The van der Waals surface area contributed by atoms with Crippen molar-refractivity contribution in [2.24, 2.45) is 23.7 Å². The van der Waals surface area contributed by atoms with Gasteiger partial charge in [0.15, 0.2) is 29.1 Å². The summed E-state index contributed by atoms with van der Waals surface area (Å²) in [6.07, 6.45) is 31.4. The van der Waals surface area contributed by atoms with Crippen molar-refractivity contribution in [2.45, 2.75) is 107 Å². The highest BCUT2D eigenvalue weighted by molar-refractivity contribution is 6.29. The van der Waals surface area contributed by atoms with Crippen molar-refractivity contribution in [1.82, 2.24) is 104 Å². The lowest BCUT2D eigenvalue weighted by Crippen LogP contribution is -2.48. The lowest BCUT2D eigenvalue weighted by atomic mass is 10.0. The van der Waals surface area contributed by atoms with Crippen LogP contribution in [0.4, 0.5) is 40.8 Å². The van der Waals surface area contributed by atoms with Crippen molar-refractivity contribution in [1.29, 1.82) is 0 Å². The zero-order valence-corrected chi connectivity index (χ0v) is 65.7. The van der Waals surface area contributed by atoms with Crippen LogP contribution in [0.5, 0.6) is 0 Å². The summed E-state index contributed by atoms with van der Waals surface area (Å²) < 4.78 is 57.1. The van der Waals surface area contributed by atoms with E-state index < -0.39 is 23.3 Å². The van der Waals surface area contributed by atoms with Gasteiger partial charge in [0.1, 0.15) is 56.1 Å². The minimum absolute atomic E-state index is 0.00254. The fourth-order valence-electron chi connectivity index (χ4n) is 17.9. The van der Waals surface area contributed by atoms with E-state index in [1.807, 2.05) is 45.9 Å². The summed E-state index contributed by atoms with van der Waals surface area (Å²) in [6, 6.07) is 24.6. The molecule has 12 atom stereocenters. The molecule has 4 saturated heterocycles. The Morgan fingerprint density at radius 1 is 0.345 bits per heavy atom. The van der Waals surface area contributed by atoms with Crippen LogP contribution in [-0.4, -0.2) is 203 Å². The van der Waals surface area contributed by atoms with E-state index in [-0.39, 0.29) is 117 Å². The molecule has 8 fully saturated rings. The van der Waals surface area contributed by atoms with E-state index >= 15 is 0 Å². The summed E-state index contributed by atoms with van der Waals surface area (Å²) >= 11 is 17.4. The Kier molecular flexibility index (Phi) is 22.8. The van der Waals surface area contributed by atoms with E-state index in [4.69, 9.17) is 34.8 Å². The second-order valence-corrected chi connectivity index (χ2v) is 31.5. The predicted molar refractivity (Wildman–Crippen MR) is 431 cm³/mol. The molecule has 0 radical (unpaired) electrons. The molecule has 4 aliphatic heterocycles. The molecule has 12 heterocycles. The molecule has 4 N–H and O–H groups in total. The number of aryl methyl sites for hydroxylation is 1. The summed E-state index contributed by atoms with van der Waals surface area (Å²) in [6.45, 7) is 4.58. The van der Waals surface area contributed by atoms with Crippen LogP contribution < -0.4 is 21.3 Å². The van der Waals surface area contributed by atoms with Crippen LogP contribution in [0.2, 0.25) is 15.5 Å². The van der Waals surface area contributed by atoms with Gasteiger partial charge in [-0.15, -0.1) is 4.80 Å². The van der Waals surface area contributed by atoms with E-state index in [1.54, 1.807) is 90.7 Å². The zero-order valence-electron chi connectivity index (χ0n) is 63.5. The van der Waals surface area contributed by atoms with Gasteiger partial charge in [-0.25, -0.2) is 82.4 Å². The second-order valence-electron chi connectivity index (χ2n) is 30.4. The molecule has 12 unspecified atom stereocenters.